The van der Waals surface area contributed by atoms with Crippen LogP contribution in [0.5, 0.6) is 0 Å². The second-order valence-corrected chi connectivity index (χ2v) is 11.3. The van der Waals surface area contributed by atoms with Crippen molar-refractivity contribution in [1.82, 2.24) is 24.4 Å². The second kappa shape index (κ2) is 12.1. The molecular formula is C31H31ClFN5O4. The molecule has 11 heteroatoms. The lowest BCUT2D eigenvalue weighted by atomic mass is 9.93. The van der Waals surface area contributed by atoms with Crippen molar-refractivity contribution in [2.45, 2.75) is 44.8 Å². The van der Waals surface area contributed by atoms with Gasteiger partial charge in [0.15, 0.2) is 11.3 Å². The van der Waals surface area contributed by atoms with Gasteiger partial charge in [0.05, 0.1) is 19.8 Å². The van der Waals surface area contributed by atoms with Crippen molar-refractivity contribution in [3.63, 3.8) is 0 Å². The number of aromatic nitrogens is 4. The zero-order chi connectivity index (χ0) is 29.2. The number of benzene rings is 1. The average Bonchev–Trinajstić information content (AvgIpc) is 3.32. The molecule has 0 spiro atoms. The van der Waals surface area contributed by atoms with Gasteiger partial charge < -0.3 is 18.9 Å². The number of likely N-dealkylation sites (tertiary alicyclic amines) is 1. The number of hydrogen-bond donors (Lipinski definition) is 0. The number of hydrogen-bond acceptors (Lipinski definition) is 7. The molecule has 2 fully saturated rings. The summed E-state index contributed by atoms with van der Waals surface area (Å²) in [6, 6.07) is 13.3. The Balaban J connectivity index is 1.12. The molecule has 0 aliphatic carbocycles. The van der Waals surface area contributed by atoms with Crippen LogP contribution in [0.2, 0.25) is 5.02 Å². The summed E-state index contributed by atoms with van der Waals surface area (Å²) < 4.78 is 26.9. The molecule has 2 saturated heterocycles. The molecule has 0 N–H and O–H groups in total. The molecule has 1 atom stereocenters. The highest BCUT2D eigenvalue weighted by atomic mass is 35.5. The van der Waals surface area contributed by atoms with E-state index in [1.807, 2.05) is 4.90 Å². The number of nitrogens with zero attached hydrogens (tertiary/aromatic N) is 5. The number of rotatable bonds is 8. The van der Waals surface area contributed by atoms with Gasteiger partial charge in [-0.1, -0.05) is 23.7 Å². The summed E-state index contributed by atoms with van der Waals surface area (Å²) in [6.07, 6.45) is 3.73. The van der Waals surface area contributed by atoms with Crippen LogP contribution in [-0.4, -0.2) is 69.2 Å². The fourth-order valence-electron chi connectivity index (χ4n) is 5.56. The maximum atomic E-state index is 14.3. The number of piperidine rings is 1. The molecule has 1 amide bonds. The number of methoxy groups -OCH3 is 1. The molecule has 3 aromatic heterocycles. The molecule has 6 rings (SSSR count). The Morgan fingerprint density at radius 3 is 2.57 bits per heavy atom. The van der Waals surface area contributed by atoms with E-state index in [1.54, 1.807) is 42.5 Å². The van der Waals surface area contributed by atoms with E-state index in [4.69, 9.17) is 26.1 Å². The molecule has 9 nitrogen and oxygen atoms in total. The van der Waals surface area contributed by atoms with Gasteiger partial charge in [-0.15, -0.1) is 0 Å². The lowest BCUT2D eigenvalue weighted by Gasteiger charge is -2.32. The summed E-state index contributed by atoms with van der Waals surface area (Å²) in [5, 5.41) is 0.338. The van der Waals surface area contributed by atoms with E-state index in [2.05, 4.69) is 14.5 Å². The van der Waals surface area contributed by atoms with Crippen LogP contribution in [0.1, 0.15) is 57.3 Å². The molecular weight excluding hydrogens is 561 g/mol. The minimum Gasteiger partial charge on any atom is -0.464 e. The third-order valence-electron chi connectivity index (χ3n) is 8.03. The normalized spacial score (nSPS) is 17.3. The minimum atomic E-state index is -0.486. The predicted octanol–water partition coefficient (Wildman–Crippen LogP) is 4.88. The molecule has 0 saturated carbocycles. The number of fused-ring (bicyclic) bond motifs is 1. The van der Waals surface area contributed by atoms with E-state index in [0.29, 0.717) is 53.2 Å². The molecule has 0 radical (unpaired) electrons. The SMILES string of the molecule is COC(=O)c1ccc2nc(CC3CCN(C(=O)c4cccc(Cc5ccc(Cl)cc5F)n4)CC3)n(C[C@@H]3CCO3)c2n1. The zero-order valence-electron chi connectivity index (χ0n) is 23.3. The van der Waals surface area contributed by atoms with Crippen molar-refractivity contribution in [2.24, 2.45) is 5.92 Å². The zero-order valence-corrected chi connectivity index (χ0v) is 24.0. The molecule has 5 heterocycles. The van der Waals surface area contributed by atoms with Gasteiger partial charge in [-0.2, -0.15) is 0 Å². The number of imidazole rings is 1. The van der Waals surface area contributed by atoms with Crippen molar-refractivity contribution < 1.29 is 23.5 Å². The maximum Gasteiger partial charge on any atom is 0.356 e. The number of halogens is 2. The topological polar surface area (TPSA) is 99.4 Å². The first-order chi connectivity index (χ1) is 20.4. The second-order valence-electron chi connectivity index (χ2n) is 10.8. The Bertz CT molecular complexity index is 1630. The Morgan fingerprint density at radius 2 is 1.86 bits per heavy atom. The van der Waals surface area contributed by atoms with Crippen LogP contribution in [-0.2, 0) is 28.9 Å². The number of esters is 1. The number of carbonyl (C=O) groups excluding carboxylic acids is 2. The van der Waals surface area contributed by atoms with Crippen LogP contribution < -0.4 is 0 Å². The van der Waals surface area contributed by atoms with Crippen LogP contribution in [0.25, 0.3) is 11.2 Å². The quantitative estimate of drug-likeness (QED) is 0.269. The van der Waals surface area contributed by atoms with E-state index in [1.165, 1.54) is 13.2 Å². The van der Waals surface area contributed by atoms with Crippen molar-refractivity contribution in [3.8, 4) is 0 Å². The van der Waals surface area contributed by atoms with E-state index < -0.39 is 11.8 Å². The van der Waals surface area contributed by atoms with Gasteiger partial charge in [0, 0.05) is 43.3 Å². The summed E-state index contributed by atoms with van der Waals surface area (Å²) in [4.78, 5) is 41.2. The fraction of sp³-hybridized carbons (Fsp3) is 0.387. The van der Waals surface area contributed by atoms with Crippen molar-refractivity contribution in [2.75, 3.05) is 26.8 Å². The van der Waals surface area contributed by atoms with Crippen LogP contribution in [0.4, 0.5) is 4.39 Å². The van der Waals surface area contributed by atoms with E-state index in [-0.39, 0.29) is 24.1 Å². The van der Waals surface area contributed by atoms with Gasteiger partial charge in [0.25, 0.3) is 5.91 Å². The molecule has 4 aromatic rings. The van der Waals surface area contributed by atoms with Crippen molar-refractivity contribution >= 4 is 34.6 Å². The summed E-state index contributed by atoms with van der Waals surface area (Å²) in [5.74, 6) is 0.236. The lowest BCUT2D eigenvalue weighted by Crippen LogP contribution is -2.39. The Kier molecular flexibility index (Phi) is 8.17. The standard InChI is InChI=1S/C31H31ClFN5O4/c1-41-31(40)27-8-7-25-29(36-27)38(18-23-11-14-42-23)28(35-25)15-19-9-12-37(13-10-19)30(39)26-4-2-3-22(34-26)16-20-5-6-21(32)17-24(20)33/h2-8,17,19,23H,9-16,18H2,1H3/t23-/m0/s1. The average molecular weight is 592 g/mol. The summed E-state index contributed by atoms with van der Waals surface area (Å²) in [6.45, 7) is 2.59. The highest BCUT2D eigenvalue weighted by Crippen LogP contribution is 2.27. The molecule has 42 heavy (non-hydrogen) atoms. The number of carbonyl (C=O) groups is 2. The molecule has 0 unspecified atom stereocenters. The van der Waals surface area contributed by atoms with Crippen LogP contribution in [0, 0.1) is 11.7 Å². The summed E-state index contributed by atoms with van der Waals surface area (Å²) in [5.41, 5.74) is 3.08. The van der Waals surface area contributed by atoms with Gasteiger partial charge in [-0.25, -0.2) is 24.1 Å². The maximum absolute atomic E-state index is 14.3. The van der Waals surface area contributed by atoms with Crippen molar-refractivity contribution in [3.05, 3.63) is 87.8 Å². The summed E-state index contributed by atoms with van der Waals surface area (Å²) >= 11 is 5.87. The largest absolute Gasteiger partial charge is 0.464 e. The first kappa shape index (κ1) is 28.2. The van der Waals surface area contributed by atoms with Gasteiger partial charge in [0.2, 0.25) is 0 Å². The van der Waals surface area contributed by atoms with Crippen LogP contribution in [0.15, 0.2) is 48.5 Å². The number of pyridine rings is 2. The molecule has 2 aliphatic rings. The first-order valence-corrected chi connectivity index (χ1v) is 14.5. The predicted molar refractivity (Wildman–Crippen MR) is 154 cm³/mol. The number of amides is 1. The number of ether oxygens (including phenoxy) is 2. The Morgan fingerprint density at radius 1 is 1.05 bits per heavy atom. The molecule has 1 aromatic carbocycles. The van der Waals surface area contributed by atoms with E-state index in [0.717, 1.165) is 43.6 Å². The summed E-state index contributed by atoms with van der Waals surface area (Å²) in [7, 11) is 1.34. The van der Waals surface area contributed by atoms with Crippen LogP contribution in [0.3, 0.4) is 0 Å². The van der Waals surface area contributed by atoms with Crippen LogP contribution >= 0.6 is 11.6 Å². The van der Waals surface area contributed by atoms with Gasteiger partial charge in [0.1, 0.15) is 22.9 Å². The monoisotopic (exact) mass is 591 g/mol. The van der Waals surface area contributed by atoms with Gasteiger partial charge >= 0.3 is 5.97 Å². The minimum absolute atomic E-state index is 0.101. The Labute approximate surface area is 247 Å². The van der Waals surface area contributed by atoms with E-state index in [9.17, 15) is 14.0 Å². The van der Waals surface area contributed by atoms with Gasteiger partial charge in [-0.3, -0.25) is 4.79 Å². The molecule has 218 valence electrons. The highest BCUT2D eigenvalue weighted by molar-refractivity contribution is 6.30. The third-order valence-corrected chi connectivity index (χ3v) is 8.27. The first-order valence-electron chi connectivity index (χ1n) is 14.1. The van der Waals surface area contributed by atoms with E-state index >= 15 is 0 Å². The lowest BCUT2D eigenvalue weighted by molar-refractivity contribution is -0.0591. The fourth-order valence-corrected chi connectivity index (χ4v) is 5.72. The molecule has 2 aliphatic heterocycles. The molecule has 0 bridgehead atoms. The Hall–Kier alpha value is -3.89. The van der Waals surface area contributed by atoms with Gasteiger partial charge in [-0.05, 0) is 67.1 Å². The third kappa shape index (κ3) is 6.00. The smallest absolute Gasteiger partial charge is 0.356 e. The van der Waals surface area contributed by atoms with Crippen molar-refractivity contribution in [1.29, 1.82) is 0 Å². The highest BCUT2D eigenvalue weighted by Gasteiger charge is 2.28.